The van der Waals surface area contributed by atoms with Crippen molar-refractivity contribution in [2.24, 2.45) is 5.92 Å². The van der Waals surface area contributed by atoms with Crippen LogP contribution >= 0.6 is 11.8 Å². The van der Waals surface area contributed by atoms with E-state index >= 15 is 0 Å². The topological polar surface area (TPSA) is 46.6 Å². The highest BCUT2D eigenvalue weighted by molar-refractivity contribution is 8.00. The van der Waals surface area contributed by atoms with E-state index in [2.05, 4.69) is 13.0 Å². The smallest absolute Gasteiger partial charge is 0.308 e. The molecule has 0 bridgehead atoms. The number of nitrogens with zero attached hydrogens (tertiary/aromatic N) is 1. The molecule has 1 aliphatic rings. The zero-order chi connectivity index (χ0) is 15.2. The summed E-state index contributed by atoms with van der Waals surface area (Å²) < 4.78 is 4.76. The maximum atomic E-state index is 12.2. The van der Waals surface area contributed by atoms with Crippen molar-refractivity contribution in [3.8, 4) is 0 Å². The molecule has 114 valence electrons. The molecule has 0 saturated carbocycles. The van der Waals surface area contributed by atoms with Crippen LogP contribution in [0, 0.1) is 12.8 Å². The normalized spacial score (nSPS) is 15.8. The van der Waals surface area contributed by atoms with Crippen LogP contribution in [0.1, 0.15) is 18.4 Å². The van der Waals surface area contributed by atoms with E-state index in [4.69, 9.17) is 4.74 Å². The SMILES string of the molecule is COC(=O)C1CCN(C(=O)CSc2ccccc2C)CC1. The van der Waals surface area contributed by atoms with Crippen molar-refractivity contribution in [2.75, 3.05) is 26.0 Å². The van der Waals surface area contributed by atoms with Crippen LogP contribution in [0.2, 0.25) is 0 Å². The number of piperidine rings is 1. The highest BCUT2D eigenvalue weighted by atomic mass is 32.2. The molecule has 1 aromatic rings. The van der Waals surface area contributed by atoms with Crippen molar-refractivity contribution in [1.29, 1.82) is 0 Å². The number of likely N-dealkylation sites (tertiary alicyclic amines) is 1. The summed E-state index contributed by atoms with van der Waals surface area (Å²) in [5.41, 5.74) is 1.19. The molecule has 4 nitrogen and oxygen atoms in total. The van der Waals surface area contributed by atoms with Crippen LogP contribution in [0.15, 0.2) is 29.2 Å². The number of ether oxygens (including phenoxy) is 1. The maximum Gasteiger partial charge on any atom is 0.308 e. The summed E-state index contributed by atoms with van der Waals surface area (Å²) in [6, 6.07) is 8.08. The molecule has 0 radical (unpaired) electrons. The number of benzene rings is 1. The minimum atomic E-state index is -0.156. The Labute approximate surface area is 129 Å². The molecule has 21 heavy (non-hydrogen) atoms. The van der Waals surface area contributed by atoms with E-state index in [1.165, 1.54) is 12.7 Å². The molecule has 1 aliphatic heterocycles. The Kier molecular flexibility index (Phi) is 5.67. The monoisotopic (exact) mass is 307 g/mol. The van der Waals surface area contributed by atoms with Gasteiger partial charge in [-0.1, -0.05) is 18.2 Å². The van der Waals surface area contributed by atoms with Gasteiger partial charge in [-0.25, -0.2) is 0 Å². The van der Waals surface area contributed by atoms with Crippen LogP contribution in [-0.2, 0) is 14.3 Å². The third-order valence-electron chi connectivity index (χ3n) is 3.83. The second kappa shape index (κ2) is 7.50. The first-order valence-electron chi connectivity index (χ1n) is 7.16. The van der Waals surface area contributed by atoms with Crippen LogP contribution in [0.25, 0.3) is 0 Å². The van der Waals surface area contributed by atoms with Crippen molar-refractivity contribution in [3.63, 3.8) is 0 Å². The number of aryl methyl sites for hydroxylation is 1. The van der Waals surface area contributed by atoms with E-state index in [-0.39, 0.29) is 17.8 Å². The molecule has 0 spiro atoms. The number of hydrogen-bond acceptors (Lipinski definition) is 4. The van der Waals surface area contributed by atoms with Gasteiger partial charge in [0.1, 0.15) is 0 Å². The zero-order valence-electron chi connectivity index (χ0n) is 12.5. The predicted molar refractivity (Wildman–Crippen MR) is 83.2 cm³/mol. The zero-order valence-corrected chi connectivity index (χ0v) is 13.3. The highest BCUT2D eigenvalue weighted by Gasteiger charge is 2.27. The standard InChI is InChI=1S/C16H21NO3S/c1-12-5-3-4-6-14(12)21-11-15(18)17-9-7-13(8-10-17)16(19)20-2/h3-6,13H,7-11H2,1-2H3. The molecule has 0 aliphatic carbocycles. The van der Waals surface area contributed by atoms with Gasteiger partial charge in [0.15, 0.2) is 0 Å². The second-order valence-corrected chi connectivity index (χ2v) is 6.25. The first kappa shape index (κ1) is 15.9. The molecule has 1 saturated heterocycles. The summed E-state index contributed by atoms with van der Waals surface area (Å²) in [4.78, 5) is 26.7. The number of carbonyl (C=O) groups excluding carboxylic acids is 2. The summed E-state index contributed by atoms with van der Waals surface area (Å²) in [6.45, 7) is 3.34. The molecule has 0 unspecified atom stereocenters. The van der Waals surface area contributed by atoms with Crippen LogP contribution < -0.4 is 0 Å². The average Bonchev–Trinajstić information content (AvgIpc) is 2.53. The molecular formula is C16H21NO3S. The van der Waals surface area contributed by atoms with Crippen LogP contribution in [0.5, 0.6) is 0 Å². The summed E-state index contributed by atoms with van der Waals surface area (Å²) in [5.74, 6) is 0.388. The fourth-order valence-corrected chi connectivity index (χ4v) is 3.41. The lowest BCUT2D eigenvalue weighted by Crippen LogP contribution is -2.41. The summed E-state index contributed by atoms with van der Waals surface area (Å²) in [6.07, 6.45) is 1.40. The summed E-state index contributed by atoms with van der Waals surface area (Å²) in [7, 11) is 1.42. The van der Waals surface area contributed by atoms with Crippen molar-refractivity contribution in [3.05, 3.63) is 29.8 Å². The second-order valence-electron chi connectivity index (χ2n) is 5.23. The van der Waals surface area contributed by atoms with Gasteiger partial charge in [-0.2, -0.15) is 0 Å². The van der Waals surface area contributed by atoms with Gasteiger partial charge < -0.3 is 9.64 Å². The predicted octanol–water partition coefficient (Wildman–Crippen LogP) is 2.50. The van der Waals surface area contributed by atoms with Gasteiger partial charge in [0.2, 0.25) is 5.91 Å². The number of methoxy groups -OCH3 is 1. The molecule has 0 atom stereocenters. The van der Waals surface area contributed by atoms with Crippen LogP contribution in [0.4, 0.5) is 0 Å². The number of esters is 1. The lowest BCUT2D eigenvalue weighted by molar-refractivity contribution is -0.148. The Balaban J connectivity index is 1.80. The van der Waals surface area contributed by atoms with E-state index in [9.17, 15) is 9.59 Å². The Morgan fingerprint density at radius 3 is 2.57 bits per heavy atom. The van der Waals surface area contributed by atoms with Gasteiger partial charge in [0.25, 0.3) is 0 Å². The molecule has 1 amide bonds. The molecule has 5 heteroatoms. The Morgan fingerprint density at radius 1 is 1.29 bits per heavy atom. The molecular weight excluding hydrogens is 286 g/mol. The quantitative estimate of drug-likeness (QED) is 0.633. The molecule has 1 fully saturated rings. The summed E-state index contributed by atoms with van der Waals surface area (Å²) >= 11 is 1.58. The van der Waals surface area contributed by atoms with E-state index in [1.807, 2.05) is 23.1 Å². The van der Waals surface area contributed by atoms with Gasteiger partial charge in [-0.05, 0) is 31.4 Å². The number of hydrogen-bond donors (Lipinski definition) is 0. The fraction of sp³-hybridized carbons (Fsp3) is 0.500. The van der Waals surface area contributed by atoms with Crippen molar-refractivity contribution in [1.82, 2.24) is 4.90 Å². The Hall–Kier alpha value is -1.49. The van der Waals surface area contributed by atoms with Gasteiger partial charge in [-0.3, -0.25) is 9.59 Å². The van der Waals surface area contributed by atoms with Crippen LogP contribution in [-0.4, -0.2) is 42.7 Å². The fourth-order valence-electron chi connectivity index (χ4n) is 2.48. The van der Waals surface area contributed by atoms with E-state index < -0.39 is 0 Å². The summed E-state index contributed by atoms with van der Waals surface area (Å²) in [5, 5.41) is 0. The lowest BCUT2D eigenvalue weighted by atomic mass is 9.97. The first-order valence-corrected chi connectivity index (χ1v) is 8.14. The van der Waals surface area contributed by atoms with Crippen molar-refractivity contribution >= 4 is 23.6 Å². The molecule has 0 aromatic heterocycles. The van der Waals surface area contributed by atoms with Crippen LogP contribution in [0.3, 0.4) is 0 Å². The number of amides is 1. The van der Waals surface area contributed by atoms with E-state index in [1.54, 1.807) is 11.8 Å². The Bertz CT molecular complexity index is 510. The van der Waals surface area contributed by atoms with Gasteiger partial charge in [0, 0.05) is 18.0 Å². The largest absolute Gasteiger partial charge is 0.469 e. The van der Waals surface area contributed by atoms with Gasteiger partial charge in [-0.15, -0.1) is 11.8 Å². The third kappa shape index (κ3) is 4.24. The first-order chi connectivity index (χ1) is 10.1. The molecule has 1 aromatic carbocycles. The Morgan fingerprint density at radius 2 is 1.95 bits per heavy atom. The maximum absolute atomic E-state index is 12.2. The van der Waals surface area contributed by atoms with E-state index in [0.717, 1.165) is 4.90 Å². The average molecular weight is 307 g/mol. The minimum absolute atomic E-state index is 0.0527. The number of carbonyl (C=O) groups is 2. The third-order valence-corrected chi connectivity index (χ3v) is 4.99. The lowest BCUT2D eigenvalue weighted by Gasteiger charge is -2.30. The highest BCUT2D eigenvalue weighted by Crippen LogP contribution is 2.24. The van der Waals surface area contributed by atoms with Crippen molar-refractivity contribution in [2.45, 2.75) is 24.7 Å². The minimum Gasteiger partial charge on any atom is -0.469 e. The van der Waals surface area contributed by atoms with Gasteiger partial charge >= 0.3 is 5.97 Å². The number of thioether (sulfide) groups is 1. The van der Waals surface area contributed by atoms with E-state index in [0.29, 0.717) is 31.7 Å². The molecule has 2 rings (SSSR count). The molecule has 0 N–H and O–H groups in total. The van der Waals surface area contributed by atoms with Gasteiger partial charge in [0.05, 0.1) is 18.8 Å². The molecule has 1 heterocycles. The van der Waals surface area contributed by atoms with Crippen molar-refractivity contribution < 1.29 is 14.3 Å². The number of rotatable bonds is 4.